The number of benzene rings is 1. The second kappa shape index (κ2) is 4.61. The van der Waals surface area contributed by atoms with Gasteiger partial charge < -0.3 is 20.3 Å². The Bertz CT molecular complexity index is 732. The highest BCUT2D eigenvalue weighted by Crippen LogP contribution is 2.37. The third-order valence-electron chi connectivity index (χ3n) is 4.85. The Hall–Kier alpha value is -2.27. The van der Waals surface area contributed by atoms with Crippen molar-refractivity contribution in [2.45, 2.75) is 25.1 Å². The number of hydrogen-bond acceptors (Lipinski definition) is 5. The number of fused-ring (bicyclic) bond motifs is 4. The van der Waals surface area contributed by atoms with E-state index in [0.717, 1.165) is 43.3 Å². The van der Waals surface area contributed by atoms with Gasteiger partial charge in [-0.25, -0.2) is 4.98 Å². The highest BCUT2D eigenvalue weighted by molar-refractivity contribution is 5.80. The van der Waals surface area contributed by atoms with E-state index in [1.807, 2.05) is 12.3 Å². The minimum atomic E-state index is 0.420. The van der Waals surface area contributed by atoms with Crippen molar-refractivity contribution in [1.82, 2.24) is 4.98 Å². The smallest absolute Gasteiger partial charge is 0.135 e. The molecule has 2 aromatic rings. The number of aromatic nitrogens is 1. The molecule has 112 valence electrons. The van der Waals surface area contributed by atoms with Crippen molar-refractivity contribution in [3.63, 3.8) is 0 Å². The topological polar surface area (TPSA) is 49.4 Å². The summed E-state index contributed by atoms with van der Waals surface area (Å²) in [7, 11) is 0. The van der Waals surface area contributed by atoms with Gasteiger partial charge in [-0.3, -0.25) is 0 Å². The summed E-state index contributed by atoms with van der Waals surface area (Å²) in [4.78, 5) is 6.91. The normalized spacial score (nSPS) is 25.0. The van der Waals surface area contributed by atoms with E-state index in [4.69, 9.17) is 4.74 Å². The molecule has 2 N–H and O–H groups in total. The van der Waals surface area contributed by atoms with Gasteiger partial charge in [0.05, 0.1) is 30.1 Å². The lowest BCUT2D eigenvalue weighted by Crippen LogP contribution is -2.36. The van der Waals surface area contributed by atoms with Crippen molar-refractivity contribution < 1.29 is 4.74 Å². The van der Waals surface area contributed by atoms with Crippen molar-refractivity contribution in [2.24, 2.45) is 0 Å². The Morgan fingerprint density at radius 2 is 2.23 bits per heavy atom. The SMILES string of the molecule is c1cnc2c(c1)CNc1cc(N3CC4C[C@@H]3CO4)ccc1N2. The fourth-order valence-corrected chi connectivity index (χ4v) is 3.69. The number of rotatable bonds is 1. The number of anilines is 4. The average molecular weight is 294 g/mol. The van der Waals surface area contributed by atoms with Gasteiger partial charge in [-0.05, 0) is 30.7 Å². The van der Waals surface area contributed by atoms with Gasteiger partial charge in [-0.1, -0.05) is 6.07 Å². The monoisotopic (exact) mass is 294 g/mol. The van der Waals surface area contributed by atoms with Crippen molar-refractivity contribution >= 4 is 22.9 Å². The predicted molar refractivity (Wildman–Crippen MR) is 86.8 cm³/mol. The van der Waals surface area contributed by atoms with Crippen LogP contribution in [0.5, 0.6) is 0 Å². The number of hydrogen-bond donors (Lipinski definition) is 2. The van der Waals surface area contributed by atoms with Gasteiger partial charge in [0.1, 0.15) is 5.82 Å². The van der Waals surface area contributed by atoms with E-state index in [9.17, 15) is 0 Å². The van der Waals surface area contributed by atoms with E-state index in [1.165, 1.54) is 11.3 Å². The van der Waals surface area contributed by atoms with Crippen LogP contribution in [0, 0.1) is 0 Å². The van der Waals surface area contributed by atoms with E-state index in [0.29, 0.717) is 12.1 Å². The molecule has 3 aliphatic rings. The van der Waals surface area contributed by atoms with Gasteiger partial charge in [0.2, 0.25) is 0 Å². The fraction of sp³-hybridized carbons (Fsp3) is 0.353. The molecular weight excluding hydrogens is 276 g/mol. The number of ether oxygens (including phenoxy) is 1. The first kappa shape index (κ1) is 12.3. The maximum absolute atomic E-state index is 5.70. The van der Waals surface area contributed by atoms with Crippen LogP contribution in [-0.4, -0.2) is 30.3 Å². The molecule has 0 aliphatic carbocycles. The number of nitrogens with zero attached hydrogens (tertiary/aromatic N) is 2. The summed E-state index contributed by atoms with van der Waals surface area (Å²) >= 11 is 0. The minimum absolute atomic E-state index is 0.420. The van der Waals surface area contributed by atoms with Crippen molar-refractivity contribution in [3.8, 4) is 0 Å². The standard InChI is InChI=1S/C17H18N4O/c1-2-11-8-19-16-7-12(21-9-14-6-13(21)10-22-14)3-4-15(16)20-17(11)18-5-1/h1-5,7,13-14,19H,6,8-10H2,(H,18,20)/t13-,14?/m1/s1. The number of pyridine rings is 1. The van der Waals surface area contributed by atoms with Gasteiger partial charge in [0.15, 0.2) is 0 Å². The molecule has 5 nitrogen and oxygen atoms in total. The molecule has 3 aliphatic heterocycles. The van der Waals surface area contributed by atoms with Gasteiger partial charge in [0, 0.05) is 30.5 Å². The third-order valence-corrected chi connectivity index (χ3v) is 4.85. The molecule has 1 unspecified atom stereocenters. The Labute approximate surface area is 129 Å². The zero-order valence-electron chi connectivity index (χ0n) is 12.2. The lowest BCUT2D eigenvalue weighted by atomic mass is 10.2. The highest BCUT2D eigenvalue weighted by Gasteiger charge is 2.39. The summed E-state index contributed by atoms with van der Waals surface area (Å²) < 4.78 is 5.70. The summed E-state index contributed by atoms with van der Waals surface area (Å²) in [6.07, 6.45) is 3.41. The molecule has 2 bridgehead atoms. The zero-order valence-corrected chi connectivity index (χ0v) is 12.2. The quantitative estimate of drug-likeness (QED) is 0.847. The first-order valence-electron chi connectivity index (χ1n) is 7.84. The van der Waals surface area contributed by atoms with Gasteiger partial charge >= 0.3 is 0 Å². The second-order valence-corrected chi connectivity index (χ2v) is 6.22. The maximum atomic E-state index is 5.70. The van der Waals surface area contributed by atoms with Crippen LogP contribution in [0.4, 0.5) is 22.9 Å². The molecule has 5 rings (SSSR count). The van der Waals surface area contributed by atoms with Crippen LogP contribution in [0.25, 0.3) is 0 Å². The van der Waals surface area contributed by atoms with Gasteiger partial charge in [0.25, 0.3) is 0 Å². The van der Waals surface area contributed by atoms with E-state index < -0.39 is 0 Å². The Morgan fingerprint density at radius 3 is 3.09 bits per heavy atom. The first-order chi connectivity index (χ1) is 10.9. The van der Waals surface area contributed by atoms with Crippen LogP contribution >= 0.6 is 0 Å². The highest BCUT2D eigenvalue weighted by atomic mass is 16.5. The molecular formula is C17H18N4O. The maximum Gasteiger partial charge on any atom is 0.135 e. The molecule has 0 saturated carbocycles. The van der Waals surface area contributed by atoms with Crippen LogP contribution in [-0.2, 0) is 11.3 Å². The molecule has 4 heterocycles. The van der Waals surface area contributed by atoms with Crippen LogP contribution in [0.1, 0.15) is 12.0 Å². The molecule has 0 amide bonds. The molecule has 5 heteroatoms. The molecule has 1 aromatic carbocycles. The summed E-state index contributed by atoms with van der Waals surface area (Å²) in [5.74, 6) is 0.940. The van der Waals surface area contributed by atoms with Gasteiger partial charge in [-0.2, -0.15) is 0 Å². The fourth-order valence-electron chi connectivity index (χ4n) is 3.69. The molecule has 0 spiro atoms. The third kappa shape index (κ3) is 1.85. The molecule has 2 saturated heterocycles. The number of nitrogens with one attached hydrogen (secondary N) is 2. The zero-order chi connectivity index (χ0) is 14.5. The van der Waals surface area contributed by atoms with E-state index in [1.54, 1.807) is 0 Å². The van der Waals surface area contributed by atoms with Crippen LogP contribution in [0.3, 0.4) is 0 Å². The van der Waals surface area contributed by atoms with Crippen LogP contribution in [0.15, 0.2) is 36.5 Å². The van der Waals surface area contributed by atoms with Crippen molar-refractivity contribution in [3.05, 3.63) is 42.1 Å². The lowest BCUT2D eigenvalue weighted by molar-refractivity contribution is 0.0991. The van der Waals surface area contributed by atoms with Gasteiger partial charge in [-0.15, -0.1) is 0 Å². The molecule has 2 atom stereocenters. The summed E-state index contributed by atoms with van der Waals surface area (Å²) in [6.45, 7) is 2.67. The largest absolute Gasteiger partial charge is 0.379 e. The molecule has 1 aromatic heterocycles. The first-order valence-corrected chi connectivity index (χ1v) is 7.84. The molecule has 22 heavy (non-hydrogen) atoms. The predicted octanol–water partition coefficient (Wildman–Crippen LogP) is 2.73. The molecule has 2 fully saturated rings. The average Bonchev–Trinajstić information content (AvgIpc) is 3.13. The van der Waals surface area contributed by atoms with Crippen LogP contribution in [0.2, 0.25) is 0 Å². The lowest BCUT2D eigenvalue weighted by Gasteiger charge is -2.29. The number of morpholine rings is 1. The van der Waals surface area contributed by atoms with Crippen molar-refractivity contribution in [1.29, 1.82) is 0 Å². The Balaban J connectivity index is 1.48. The Kier molecular flexibility index (Phi) is 2.58. The second-order valence-electron chi connectivity index (χ2n) is 6.22. The summed E-state index contributed by atoms with van der Waals surface area (Å²) in [6, 6.07) is 11.2. The van der Waals surface area contributed by atoms with Crippen LogP contribution < -0.4 is 15.5 Å². The van der Waals surface area contributed by atoms with E-state index in [-0.39, 0.29) is 0 Å². The minimum Gasteiger partial charge on any atom is -0.379 e. The van der Waals surface area contributed by atoms with E-state index >= 15 is 0 Å². The summed E-state index contributed by atoms with van der Waals surface area (Å²) in [5.41, 5.74) is 4.69. The Morgan fingerprint density at radius 1 is 1.23 bits per heavy atom. The summed E-state index contributed by atoms with van der Waals surface area (Å²) in [5, 5.41) is 6.97. The molecule has 0 radical (unpaired) electrons. The van der Waals surface area contributed by atoms with E-state index in [2.05, 4.69) is 44.8 Å². The van der Waals surface area contributed by atoms with Crippen molar-refractivity contribution in [2.75, 3.05) is 28.7 Å².